The predicted octanol–water partition coefficient (Wildman–Crippen LogP) is 0.0753. The number of hydrogen-bond acceptors (Lipinski definition) is 7. The van der Waals surface area contributed by atoms with Crippen LogP contribution in [0.2, 0.25) is 0 Å². The Morgan fingerprint density at radius 2 is 2.10 bits per heavy atom. The molecule has 0 unspecified atom stereocenters. The van der Waals surface area contributed by atoms with Gasteiger partial charge in [-0.1, -0.05) is 0 Å². The zero-order chi connectivity index (χ0) is 14.8. The lowest BCUT2D eigenvalue weighted by Crippen LogP contribution is -2.40. The van der Waals surface area contributed by atoms with E-state index in [1.807, 2.05) is 4.90 Å². The lowest BCUT2D eigenvalue weighted by atomic mass is 10.2. The number of anilines is 2. The Labute approximate surface area is 117 Å². The Morgan fingerprint density at radius 3 is 2.70 bits per heavy atom. The second-order valence-corrected chi connectivity index (χ2v) is 6.79. The number of nitrogens with zero attached hydrogens (tertiary/aromatic N) is 2. The van der Waals surface area contributed by atoms with Crippen molar-refractivity contribution >= 4 is 27.3 Å². The molecule has 0 saturated carbocycles. The molecule has 0 bridgehead atoms. The molecule has 0 aliphatic carbocycles. The smallest absolute Gasteiger partial charge is 0.340 e. The average Bonchev–Trinajstić information content (AvgIpc) is 2.40. The Balaban J connectivity index is 2.21. The highest BCUT2D eigenvalue weighted by Gasteiger charge is 2.23. The van der Waals surface area contributed by atoms with Crippen molar-refractivity contribution in [2.24, 2.45) is 0 Å². The first-order chi connectivity index (χ1) is 9.43. The van der Waals surface area contributed by atoms with Crippen molar-refractivity contribution in [3.05, 3.63) is 17.8 Å². The van der Waals surface area contributed by atoms with E-state index in [-0.39, 0.29) is 29.4 Å². The summed E-state index contributed by atoms with van der Waals surface area (Å²) in [6.45, 7) is 2.70. The average molecular weight is 299 g/mol. The fourth-order valence-corrected chi connectivity index (χ4v) is 3.16. The van der Waals surface area contributed by atoms with E-state index >= 15 is 0 Å². The molecular formula is C12H17N3O4S. The summed E-state index contributed by atoms with van der Waals surface area (Å²) in [7, 11) is -2.95. The first kappa shape index (κ1) is 14.6. The van der Waals surface area contributed by atoms with E-state index in [2.05, 4.69) is 4.98 Å². The SMILES string of the molecule is CCOC(=O)c1cc(N2CCS(=O)(=O)CC2)ncc1N. The number of nitrogen functional groups attached to an aromatic ring is 1. The molecule has 0 aromatic carbocycles. The van der Waals surface area contributed by atoms with Crippen LogP contribution in [0.5, 0.6) is 0 Å². The monoisotopic (exact) mass is 299 g/mol. The van der Waals surface area contributed by atoms with E-state index in [0.29, 0.717) is 18.9 Å². The molecule has 7 nitrogen and oxygen atoms in total. The third-order valence-corrected chi connectivity index (χ3v) is 4.69. The molecular weight excluding hydrogens is 282 g/mol. The summed E-state index contributed by atoms with van der Waals surface area (Å²) >= 11 is 0. The summed E-state index contributed by atoms with van der Waals surface area (Å²) < 4.78 is 27.7. The quantitative estimate of drug-likeness (QED) is 0.788. The number of esters is 1. The predicted molar refractivity (Wildman–Crippen MR) is 75.5 cm³/mol. The van der Waals surface area contributed by atoms with Gasteiger partial charge in [0.1, 0.15) is 5.82 Å². The summed E-state index contributed by atoms with van der Waals surface area (Å²) in [5, 5.41) is 0. The van der Waals surface area contributed by atoms with Crippen molar-refractivity contribution in [3.8, 4) is 0 Å². The van der Waals surface area contributed by atoms with Crippen LogP contribution < -0.4 is 10.6 Å². The van der Waals surface area contributed by atoms with E-state index in [1.54, 1.807) is 13.0 Å². The van der Waals surface area contributed by atoms with Gasteiger partial charge in [0.05, 0.1) is 35.6 Å². The number of carbonyl (C=O) groups excluding carboxylic acids is 1. The van der Waals surface area contributed by atoms with Crippen LogP contribution in [0.15, 0.2) is 12.3 Å². The number of sulfone groups is 1. The number of nitrogens with two attached hydrogens (primary N) is 1. The molecule has 8 heteroatoms. The van der Waals surface area contributed by atoms with Crippen LogP contribution in [-0.2, 0) is 14.6 Å². The number of hydrogen-bond donors (Lipinski definition) is 1. The number of carbonyl (C=O) groups is 1. The Bertz CT molecular complexity index is 601. The normalized spacial score (nSPS) is 17.8. The number of aromatic nitrogens is 1. The number of rotatable bonds is 3. The van der Waals surface area contributed by atoms with Crippen LogP contribution in [0.25, 0.3) is 0 Å². The molecule has 1 saturated heterocycles. The number of pyridine rings is 1. The molecule has 0 spiro atoms. The van der Waals surface area contributed by atoms with Gasteiger partial charge in [0.25, 0.3) is 0 Å². The first-order valence-electron chi connectivity index (χ1n) is 6.31. The van der Waals surface area contributed by atoms with Gasteiger partial charge in [-0.3, -0.25) is 0 Å². The third kappa shape index (κ3) is 3.19. The fourth-order valence-electron chi connectivity index (χ4n) is 1.96. The van der Waals surface area contributed by atoms with Crippen LogP contribution in [0.3, 0.4) is 0 Å². The topological polar surface area (TPSA) is 103 Å². The Morgan fingerprint density at radius 1 is 1.45 bits per heavy atom. The van der Waals surface area contributed by atoms with Gasteiger partial charge in [-0.25, -0.2) is 18.2 Å². The molecule has 1 aromatic rings. The van der Waals surface area contributed by atoms with Crippen molar-refractivity contribution in [3.63, 3.8) is 0 Å². The maximum absolute atomic E-state index is 11.8. The van der Waals surface area contributed by atoms with E-state index in [9.17, 15) is 13.2 Å². The molecule has 1 aliphatic rings. The number of ether oxygens (including phenoxy) is 1. The minimum Gasteiger partial charge on any atom is -0.462 e. The third-order valence-electron chi connectivity index (χ3n) is 3.08. The van der Waals surface area contributed by atoms with Crippen LogP contribution in [0.4, 0.5) is 11.5 Å². The van der Waals surface area contributed by atoms with Crippen molar-refractivity contribution in [2.45, 2.75) is 6.92 Å². The van der Waals surface area contributed by atoms with Crippen LogP contribution in [0, 0.1) is 0 Å². The van der Waals surface area contributed by atoms with Crippen molar-refractivity contribution in [1.29, 1.82) is 0 Å². The van der Waals surface area contributed by atoms with Gasteiger partial charge in [-0.05, 0) is 13.0 Å². The maximum atomic E-state index is 11.8. The summed E-state index contributed by atoms with van der Waals surface area (Å²) in [6, 6.07) is 1.55. The molecule has 1 aromatic heterocycles. The van der Waals surface area contributed by atoms with Crippen molar-refractivity contribution in [2.75, 3.05) is 41.8 Å². The minimum atomic E-state index is -2.95. The van der Waals surface area contributed by atoms with Gasteiger partial charge in [0.15, 0.2) is 9.84 Å². The molecule has 0 radical (unpaired) electrons. The second-order valence-electron chi connectivity index (χ2n) is 4.49. The zero-order valence-electron chi connectivity index (χ0n) is 11.2. The van der Waals surface area contributed by atoms with Gasteiger partial charge in [-0.15, -0.1) is 0 Å². The molecule has 1 fully saturated rings. The maximum Gasteiger partial charge on any atom is 0.340 e. The Hall–Kier alpha value is -1.83. The van der Waals surface area contributed by atoms with E-state index < -0.39 is 15.8 Å². The largest absolute Gasteiger partial charge is 0.462 e. The highest BCUT2D eigenvalue weighted by atomic mass is 32.2. The molecule has 2 N–H and O–H groups in total. The Kier molecular flexibility index (Phi) is 4.12. The van der Waals surface area contributed by atoms with Crippen molar-refractivity contribution < 1.29 is 17.9 Å². The minimum absolute atomic E-state index is 0.0911. The summed E-state index contributed by atoms with van der Waals surface area (Å²) in [5.41, 5.74) is 6.22. The van der Waals surface area contributed by atoms with E-state index in [0.717, 1.165) is 0 Å². The lowest BCUT2D eigenvalue weighted by molar-refractivity contribution is 0.0527. The van der Waals surface area contributed by atoms with Gasteiger partial charge in [0.2, 0.25) is 0 Å². The molecule has 0 atom stereocenters. The van der Waals surface area contributed by atoms with Crippen LogP contribution >= 0.6 is 0 Å². The molecule has 110 valence electrons. The fraction of sp³-hybridized carbons (Fsp3) is 0.500. The standard InChI is InChI=1S/C12H17N3O4S/c1-2-19-12(16)9-7-11(14-8-10(9)13)15-3-5-20(17,18)6-4-15/h7-8H,2-6,13H2,1H3. The summed E-state index contributed by atoms with van der Waals surface area (Å²) in [5.74, 6) is 0.220. The van der Waals surface area contributed by atoms with E-state index in [1.165, 1.54) is 6.20 Å². The molecule has 1 aliphatic heterocycles. The molecule has 20 heavy (non-hydrogen) atoms. The summed E-state index contributed by atoms with van der Waals surface area (Å²) in [6.07, 6.45) is 1.39. The van der Waals surface area contributed by atoms with Gasteiger partial charge < -0.3 is 15.4 Å². The second kappa shape index (κ2) is 5.66. The van der Waals surface area contributed by atoms with Gasteiger partial charge in [0, 0.05) is 13.1 Å². The first-order valence-corrected chi connectivity index (χ1v) is 8.13. The zero-order valence-corrected chi connectivity index (χ0v) is 12.0. The lowest BCUT2D eigenvalue weighted by Gasteiger charge is -2.28. The summed E-state index contributed by atoms with van der Waals surface area (Å²) in [4.78, 5) is 17.7. The molecule has 2 rings (SSSR count). The van der Waals surface area contributed by atoms with Crippen LogP contribution in [-0.4, -0.2) is 50.6 Å². The van der Waals surface area contributed by atoms with Gasteiger partial charge in [-0.2, -0.15) is 0 Å². The van der Waals surface area contributed by atoms with Crippen LogP contribution in [0.1, 0.15) is 17.3 Å². The van der Waals surface area contributed by atoms with E-state index in [4.69, 9.17) is 10.5 Å². The highest BCUT2D eigenvalue weighted by molar-refractivity contribution is 7.91. The van der Waals surface area contributed by atoms with Crippen molar-refractivity contribution in [1.82, 2.24) is 4.98 Å². The molecule has 0 amide bonds. The van der Waals surface area contributed by atoms with Gasteiger partial charge >= 0.3 is 5.97 Å². The highest BCUT2D eigenvalue weighted by Crippen LogP contribution is 2.20. The molecule has 2 heterocycles.